The van der Waals surface area contributed by atoms with Crippen molar-refractivity contribution in [3.8, 4) is 0 Å². The first-order chi connectivity index (χ1) is 8.55. The Kier molecular flexibility index (Phi) is 4.80. The molecule has 0 aliphatic rings. The number of carboxylic acids is 1. The maximum atomic E-state index is 10.6. The Balaban J connectivity index is 5.58. The van der Waals surface area contributed by atoms with Crippen LogP contribution >= 0.6 is 0 Å². The van der Waals surface area contributed by atoms with Crippen molar-refractivity contribution in [2.75, 3.05) is 0 Å². The summed E-state index contributed by atoms with van der Waals surface area (Å²) < 4.78 is 4.07. The number of nitrogens with zero attached hydrogens (tertiary/aromatic N) is 3. The summed E-state index contributed by atoms with van der Waals surface area (Å²) >= 11 is 0. The van der Waals surface area contributed by atoms with E-state index in [1.54, 1.807) is 0 Å². The molecule has 1 N–H and O–H groups in total. The minimum atomic E-state index is -4.00. The highest BCUT2D eigenvalue weighted by Crippen LogP contribution is 2.21. The molecule has 13 nitrogen and oxygen atoms in total. The average Bonchev–Trinajstić information content (AvgIpc) is 2.21. The normalized spacial score (nSPS) is 12.3. The van der Waals surface area contributed by atoms with E-state index in [9.17, 15) is 39.9 Å². The van der Waals surface area contributed by atoms with Crippen LogP contribution in [0.3, 0.4) is 0 Å². The van der Waals surface area contributed by atoms with Crippen LogP contribution in [-0.2, 0) is 14.3 Å². The number of carbonyl (C=O) groups is 2. The Labute approximate surface area is 103 Å². The van der Waals surface area contributed by atoms with Crippen LogP contribution in [0.5, 0.6) is 0 Å². The molecular formula is C6H7N3O10. The first-order valence-corrected chi connectivity index (χ1v) is 4.39. The average molecular weight is 281 g/mol. The van der Waals surface area contributed by atoms with Crippen molar-refractivity contribution >= 4 is 11.9 Å². The van der Waals surface area contributed by atoms with E-state index in [1.165, 1.54) is 0 Å². The van der Waals surface area contributed by atoms with E-state index in [0.717, 1.165) is 6.92 Å². The molecule has 0 radical (unpaired) electrons. The molecule has 0 saturated heterocycles. The van der Waals surface area contributed by atoms with Crippen LogP contribution in [0.15, 0.2) is 0 Å². The van der Waals surface area contributed by atoms with Crippen LogP contribution < -0.4 is 0 Å². The van der Waals surface area contributed by atoms with E-state index in [1.807, 2.05) is 0 Å². The van der Waals surface area contributed by atoms with E-state index in [2.05, 4.69) is 4.74 Å². The molecule has 13 heteroatoms. The second-order valence-electron chi connectivity index (χ2n) is 3.19. The number of hydrogen-bond acceptors (Lipinski definition) is 9. The summed E-state index contributed by atoms with van der Waals surface area (Å²) in [6.45, 7) is 0.738. The third-order valence-corrected chi connectivity index (χ3v) is 1.92. The lowest BCUT2D eigenvalue weighted by Gasteiger charge is -2.14. The van der Waals surface area contributed by atoms with Gasteiger partial charge in [0.2, 0.25) is 12.5 Å². The van der Waals surface area contributed by atoms with E-state index in [4.69, 9.17) is 5.11 Å². The fourth-order valence-corrected chi connectivity index (χ4v) is 1.05. The molecule has 0 saturated carbocycles. The minimum absolute atomic E-state index is 0.738. The highest BCUT2D eigenvalue weighted by atomic mass is 16.7. The molecule has 0 rings (SSSR count). The third-order valence-electron chi connectivity index (χ3n) is 1.92. The van der Waals surface area contributed by atoms with Crippen molar-refractivity contribution in [3.05, 3.63) is 30.3 Å². The van der Waals surface area contributed by atoms with Gasteiger partial charge >= 0.3 is 17.7 Å². The van der Waals surface area contributed by atoms with Gasteiger partial charge in [-0.3, -0.25) is 35.1 Å². The summed E-state index contributed by atoms with van der Waals surface area (Å²) in [7, 11) is 0. The van der Waals surface area contributed by atoms with Crippen molar-refractivity contribution in [3.63, 3.8) is 0 Å². The smallest absolute Gasteiger partial charge is 0.478 e. The molecule has 0 fully saturated rings. The number of aliphatic carboxylic acids is 1. The Morgan fingerprint density at radius 1 is 1.16 bits per heavy atom. The predicted molar refractivity (Wildman–Crippen MR) is 51.5 cm³/mol. The maximum Gasteiger partial charge on any atom is 0.704 e. The van der Waals surface area contributed by atoms with Crippen LogP contribution in [0.1, 0.15) is 13.3 Å². The van der Waals surface area contributed by atoms with Gasteiger partial charge in [0, 0.05) is 6.92 Å². The number of carbonyl (C=O) groups excluding carboxylic acids is 1. The molecule has 106 valence electrons. The van der Waals surface area contributed by atoms with Crippen LogP contribution in [-0.4, -0.2) is 43.7 Å². The van der Waals surface area contributed by atoms with E-state index in [0.29, 0.717) is 0 Å². The zero-order valence-corrected chi connectivity index (χ0v) is 9.25. The standard InChI is InChI=1S/C6H7N3O10/c1-3(10)19-4(5(11)12)2-6(7(13)14,8(15)16)9(17)18/h4H,2H2,1H3,(H,11,12). The summed E-state index contributed by atoms with van der Waals surface area (Å²) in [5, 5.41) is 40.2. The van der Waals surface area contributed by atoms with Gasteiger partial charge < -0.3 is 9.84 Å². The topological polar surface area (TPSA) is 193 Å². The molecule has 0 aromatic rings. The number of ether oxygens (including phenoxy) is 1. The van der Waals surface area contributed by atoms with Gasteiger partial charge in [-0.15, -0.1) is 0 Å². The zero-order chi connectivity index (χ0) is 15.4. The van der Waals surface area contributed by atoms with Crippen molar-refractivity contribution in [1.29, 1.82) is 0 Å². The molecular weight excluding hydrogens is 274 g/mol. The van der Waals surface area contributed by atoms with Crippen molar-refractivity contribution in [1.82, 2.24) is 0 Å². The molecule has 0 aliphatic carbocycles. The summed E-state index contributed by atoms with van der Waals surface area (Å²) in [5.41, 5.74) is 0. The quantitative estimate of drug-likeness (QED) is 0.258. The largest absolute Gasteiger partial charge is 0.704 e. The summed E-state index contributed by atoms with van der Waals surface area (Å²) in [6.07, 6.45) is -4.13. The Morgan fingerprint density at radius 2 is 1.53 bits per heavy atom. The monoisotopic (exact) mass is 281 g/mol. The third kappa shape index (κ3) is 3.30. The molecule has 0 heterocycles. The number of nitro groups is 3. The molecule has 19 heavy (non-hydrogen) atoms. The number of carboxylic acid groups (broad SMARTS) is 1. The van der Waals surface area contributed by atoms with Crippen LogP contribution in [0.25, 0.3) is 0 Å². The lowest BCUT2D eigenvalue weighted by molar-refractivity contribution is -0.970. The van der Waals surface area contributed by atoms with E-state index < -0.39 is 45.0 Å². The Morgan fingerprint density at radius 3 is 1.74 bits per heavy atom. The van der Waals surface area contributed by atoms with Gasteiger partial charge in [0.15, 0.2) is 14.8 Å². The molecule has 0 aromatic heterocycles. The number of rotatable bonds is 7. The molecule has 0 spiro atoms. The zero-order valence-electron chi connectivity index (χ0n) is 9.25. The second-order valence-corrected chi connectivity index (χ2v) is 3.19. The molecule has 0 amide bonds. The van der Waals surface area contributed by atoms with E-state index in [-0.39, 0.29) is 0 Å². The minimum Gasteiger partial charge on any atom is -0.478 e. The van der Waals surface area contributed by atoms with Gasteiger partial charge in [0.25, 0.3) is 0 Å². The number of hydrogen-bond donors (Lipinski definition) is 1. The first-order valence-electron chi connectivity index (χ1n) is 4.39. The van der Waals surface area contributed by atoms with Crippen LogP contribution in [0.4, 0.5) is 0 Å². The summed E-state index contributed by atoms with van der Waals surface area (Å²) in [6, 6.07) is 0. The van der Waals surface area contributed by atoms with Crippen molar-refractivity contribution < 1.29 is 34.2 Å². The van der Waals surface area contributed by atoms with Gasteiger partial charge in [0.1, 0.15) is 0 Å². The lowest BCUT2D eigenvalue weighted by Crippen LogP contribution is -2.56. The second kappa shape index (κ2) is 5.65. The first kappa shape index (κ1) is 16.1. The van der Waals surface area contributed by atoms with Crippen LogP contribution in [0.2, 0.25) is 0 Å². The van der Waals surface area contributed by atoms with Crippen molar-refractivity contribution in [2.24, 2.45) is 0 Å². The fraction of sp³-hybridized carbons (Fsp3) is 0.667. The predicted octanol–water partition coefficient (Wildman–Crippen LogP) is -1.12. The fourth-order valence-electron chi connectivity index (χ4n) is 1.05. The molecule has 0 aliphatic heterocycles. The van der Waals surface area contributed by atoms with Gasteiger partial charge in [-0.1, -0.05) is 0 Å². The maximum absolute atomic E-state index is 10.6. The molecule has 1 unspecified atom stereocenters. The summed E-state index contributed by atoms with van der Waals surface area (Å²) in [4.78, 5) is 47.2. The molecule has 0 bridgehead atoms. The highest BCUT2D eigenvalue weighted by Gasteiger charge is 2.72. The Hall–Kier alpha value is -2.86. The van der Waals surface area contributed by atoms with Gasteiger partial charge in [-0.2, -0.15) is 0 Å². The summed E-state index contributed by atoms with van der Waals surface area (Å²) in [5.74, 6) is -7.19. The van der Waals surface area contributed by atoms with Gasteiger partial charge in [-0.05, 0) is 0 Å². The molecule has 1 atom stereocenters. The van der Waals surface area contributed by atoms with Gasteiger partial charge in [0.05, 0.1) is 0 Å². The SMILES string of the molecule is CC(=O)OC(CC([N+](=O)[O-])([N+](=O)[O-])[N+](=O)[O-])C(=O)O. The van der Waals surface area contributed by atoms with Crippen molar-refractivity contribution in [2.45, 2.75) is 25.2 Å². The Bertz CT molecular complexity index is 409. The number of esters is 1. The lowest BCUT2D eigenvalue weighted by atomic mass is 10.1. The van der Waals surface area contributed by atoms with E-state index >= 15 is 0 Å². The van der Waals surface area contributed by atoms with Crippen LogP contribution in [0, 0.1) is 30.3 Å². The molecule has 0 aromatic carbocycles. The highest BCUT2D eigenvalue weighted by molar-refractivity contribution is 5.76. The van der Waals surface area contributed by atoms with Gasteiger partial charge in [-0.25, -0.2) is 4.79 Å².